The van der Waals surface area contributed by atoms with Crippen molar-refractivity contribution in [3.63, 3.8) is 0 Å². The molecule has 0 unspecified atom stereocenters. The average molecular weight is 576 g/mol. The second-order valence-corrected chi connectivity index (χ2v) is 12.1. The number of rotatable bonds is 5. The lowest BCUT2D eigenvalue weighted by Crippen LogP contribution is -2.51. The summed E-state index contributed by atoms with van der Waals surface area (Å²) in [7, 11) is 0. The van der Waals surface area contributed by atoms with Gasteiger partial charge in [-0.15, -0.1) is 0 Å². The molecule has 2 aromatic heterocycles. The predicted molar refractivity (Wildman–Crippen MR) is 152 cm³/mol. The van der Waals surface area contributed by atoms with Crippen molar-refractivity contribution in [3.05, 3.63) is 52.5 Å². The van der Waals surface area contributed by atoms with Crippen molar-refractivity contribution in [1.82, 2.24) is 30.0 Å². The van der Waals surface area contributed by atoms with Gasteiger partial charge in [0, 0.05) is 36.6 Å². The molecule has 4 fully saturated rings. The fraction of sp³-hybridized carbons (Fsp3) is 0.467. The number of piperazine rings is 1. The number of nitrogens with zero attached hydrogens (tertiary/aromatic N) is 6. The molecule has 2 N–H and O–H groups in total. The molecule has 2 atom stereocenters. The van der Waals surface area contributed by atoms with Gasteiger partial charge < -0.3 is 20.1 Å². The zero-order valence-corrected chi connectivity index (χ0v) is 23.0. The zero-order chi connectivity index (χ0) is 28.6. The molecule has 2 bridgehead atoms. The summed E-state index contributed by atoms with van der Waals surface area (Å²) in [5.74, 6) is -1.82. The number of phenolic OH excluding ortho intramolecular Hbond substituents is 1. The minimum absolute atomic E-state index is 0.0346. The number of halogens is 2. The second-order valence-electron chi connectivity index (χ2n) is 12.1. The minimum atomic E-state index is -1.13. The van der Waals surface area contributed by atoms with E-state index in [-0.39, 0.29) is 39.3 Å². The molecule has 4 saturated heterocycles. The van der Waals surface area contributed by atoms with E-state index in [4.69, 9.17) is 9.72 Å². The first-order valence-corrected chi connectivity index (χ1v) is 14.7. The van der Waals surface area contributed by atoms with Crippen LogP contribution >= 0.6 is 0 Å². The van der Waals surface area contributed by atoms with Crippen LogP contribution in [0.5, 0.6) is 11.8 Å². The second kappa shape index (κ2) is 9.56. The summed E-state index contributed by atoms with van der Waals surface area (Å²) in [6.45, 7) is 4.01. The molecule has 8 rings (SSSR count). The Labute approximate surface area is 239 Å². The maximum Gasteiger partial charge on any atom is 0.319 e. The van der Waals surface area contributed by atoms with Crippen LogP contribution in [-0.2, 0) is 0 Å². The number of ether oxygens (including phenoxy) is 1. The zero-order valence-electron chi connectivity index (χ0n) is 23.0. The summed E-state index contributed by atoms with van der Waals surface area (Å²) in [6.07, 6.45) is 7.99. The number of hydrogen-bond donors (Lipinski definition) is 2. The number of benzene rings is 2. The lowest BCUT2D eigenvalue weighted by atomic mass is 9.95. The first-order chi connectivity index (χ1) is 20.4. The van der Waals surface area contributed by atoms with Crippen LogP contribution in [0.25, 0.3) is 27.4 Å². The first kappa shape index (κ1) is 25.8. The largest absolute Gasteiger partial charge is 0.508 e. The predicted octanol–water partition coefficient (Wildman–Crippen LogP) is 3.26. The van der Waals surface area contributed by atoms with Gasteiger partial charge in [0.05, 0.1) is 22.8 Å². The van der Waals surface area contributed by atoms with Crippen molar-refractivity contribution in [2.75, 3.05) is 37.7 Å². The Morgan fingerprint density at radius 2 is 1.83 bits per heavy atom. The van der Waals surface area contributed by atoms with Gasteiger partial charge in [-0.3, -0.25) is 9.69 Å². The van der Waals surface area contributed by atoms with Crippen LogP contribution in [0, 0.1) is 11.6 Å². The van der Waals surface area contributed by atoms with Gasteiger partial charge >= 0.3 is 6.01 Å². The number of nitrogens with one attached hydrogen (secondary N) is 1. The summed E-state index contributed by atoms with van der Waals surface area (Å²) in [5, 5.41) is 18.9. The molecule has 0 amide bonds. The summed E-state index contributed by atoms with van der Waals surface area (Å²) in [6, 6.07) is 5.61. The smallest absolute Gasteiger partial charge is 0.319 e. The highest BCUT2D eigenvalue weighted by Gasteiger charge is 2.45. The first-order valence-electron chi connectivity index (χ1n) is 14.7. The van der Waals surface area contributed by atoms with E-state index >= 15 is 4.39 Å². The van der Waals surface area contributed by atoms with Gasteiger partial charge in [-0.2, -0.15) is 19.7 Å². The highest BCUT2D eigenvalue weighted by Crippen LogP contribution is 2.39. The maximum absolute atomic E-state index is 15.1. The number of phenols is 1. The molecule has 42 heavy (non-hydrogen) atoms. The third kappa shape index (κ3) is 4.03. The quantitative estimate of drug-likeness (QED) is 0.371. The molecule has 4 aliphatic rings. The van der Waals surface area contributed by atoms with Crippen LogP contribution < -0.4 is 20.5 Å². The third-order valence-corrected chi connectivity index (χ3v) is 9.60. The monoisotopic (exact) mass is 575 g/mol. The molecule has 4 aromatic rings. The van der Waals surface area contributed by atoms with Crippen LogP contribution in [-0.4, -0.2) is 80.2 Å². The minimum Gasteiger partial charge on any atom is -0.508 e. The summed E-state index contributed by atoms with van der Waals surface area (Å²) >= 11 is 0. The van der Waals surface area contributed by atoms with E-state index in [0.29, 0.717) is 29.9 Å². The van der Waals surface area contributed by atoms with E-state index in [1.165, 1.54) is 24.4 Å². The number of anilines is 1. The van der Waals surface area contributed by atoms with Crippen molar-refractivity contribution in [3.8, 4) is 17.4 Å². The molecule has 2 aromatic carbocycles. The Morgan fingerprint density at radius 1 is 1.07 bits per heavy atom. The van der Waals surface area contributed by atoms with Crippen LogP contribution in [0.3, 0.4) is 0 Å². The fourth-order valence-corrected chi connectivity index (χ4v) is 7.62. The number of fused-ring (bicyclic) bond motifs is 5. The van der Waals surface area contributed by atoms with Crippen molar-refractivity contribution in [2.24, 2.45) is 0 Å². The van der Waals surface area contributed by atoms with Crippen LogP contribution in [0.1, 0.15) is 38.5 Å². The molecule has 0 saturated carbocycles. The molecule has 0 radical (unpaired) electrons. The lowest BCUT2D eigenvalue weighted by Gasteiger charge is -2.34. The highest BCUT2D eigenvalue weighted by atomic mass is 19.2. The number of aromatic hydroxyl groups is 1. The molecule has 0 spiro atoms. The highest BCUT2D eigenvalue weighted by molar-refractivity contribution is 5.93. The van der Waals surface area contributed by atoms with Gasteiger partial charge in [-0.05, 0) is 69.1 Å². The van der Waals surface area contributed by atoms with Crippen molar-refractivity contribution < 1.29 is 18.6 Å². The van der Waals surface area contributed by atoms with E-state index in [1.54, 1.807) is 0 Å². The summed E-state index contributed by atoms with van der Waals surface area (Å²) < 4.78 is 36.6. The van der Waals surface area contributed by atoms with Crippen molar-refractivity contribution in [1.29, 1.82) is 0 Å². The molecular weight excluding hydrogens is 544 g/mol. The number of aromatic nitrogens is 4. The Hall–Kier alpha value is -3.90. The molecule has 218 valence electrons. The van der Waals surface area contributed by atoms with E-state index in [0.717, 1.165) is 75.5 Å². The van der Waals surface area contributed by atoms with Gasteiger partial charge in [0.25, 0.3) is 5.56 Å². The lowest BCUT2D eigenvalue weighted by molar-refractivity contribution is 0.108. The van der Waals surface area contributed by atoms with Gasteiger partial charge in [-0.25, -0.2) is 8.78 Å². The normalized spacial score (nSPS) is 23.2. The average Bonchev–Trinajstić information content (AvgIpc) is 3.67. The molecule has 0 aliphatic carbocycles. The van der Waals surface area contributed by atoms with Gasteiger partial charge in [0.2, 0.25) is 0 Å². The van der Waals surface area contributed by atoms with Gasteiger partial charge in [0.1, 0.15) is 23.7 Å². The van der Waals surface area contributed by atoms with Gasteiger partial charge in [0.15, 0.2) is 11.6 Å². The molecular formula is C30H31F2N7O3. The van der Waals surface area contributed by atoms with E-state index in [2.05, 4.69) is 25.2 Å². The topological polar surface area (TPSA) is 109 Å². The summed E-state index contributed by atoms with van der Waals surface area (Å²) in [5.41, 5.74) is -0.691. The van der Waals surface area contributed by atoms with E-state index in [9.17, 15) is 14.3 Å². The Bertz CT molecular complexity index is 1780. The standard InChI is InChI=1S/C30H31F2N7O3/c31-22-6-3-17-11-20(40)12-23(24(17)25(22)32)39-28(41)26-21(13-33-39)27(37-14-18-4-5-19(15-37)34-18)36-29(35-26)42-16-30-7-1-9-38(30)10-2-8-30/h3,6,11-13,18-19,34,40H,1-2,4-5,7-10,14-16H2/t18-,19+. The molecule has 10 nitrogen and oxygen atoms in total. The van der Waals surface area contributed by atoms with E-state index in [1.807, 2.05) is 0 Å². The Balaban J connectivity index is 1.28. The van der Waals surface area contributed by atoms with Gasteiger partial charge in [-0.1, -0.05) is 6.07 Å². The van der Waals surface area contributed by atoms with Crippen molar-refractivity contribution in [2.45, 2.75) is 56.1 Å². The molecule has 6 heterocycles. The SMILES string of the molecule is O=c1c2nc(OCC34CCCN3CCC4)nc(N3C[C@H]4CC[C@@H](C3)N4)c2cnn1-c1cc(O)cc2ccc(F)c(F)c12. The Kier molecular flexibility index (Phi) is 5.87. The molecule has 12 heteroatoms. The summed E-state index contributed by atoms with van der Waals surface area (Å²) in [4.78, 5) is 28.1. The van der Waals surface area contributed by atoms with Crippen molar-refractivity contribution >= 4 is 27.5 Å². The number of hydrogen-bond acceptors (Lipinski definition) is 9. The molecule has 4 aliphatic heterocycles. The van der Waals surface area contributed by atoms with E-state index < -0.39 is 17.2 Å². The third-order valence-electron chi connectivity index (χ3n) is 9.60. The van der Waals surface area contributed by atoms with Crippen LogP contribution in [0.4, 0.5) is 14.6 Å². The van der Waals surface area contributed by atoms with Crippen LogP contribution in [0.15, 0.2) is 35.3 Å². The van der Waals surface area contributed by atoms with Crippen LogP contribution in [0.2, 0.25) is 0 Å². The maximum atomic E-state index is 15.1. The fourth-order valence-electron chi connectivity index (χ4n) is 7.62. The Morgan fingerprint density at radius 3 is 2.60 bits per heavy atom.